The predicted molar refractivity (Wildman–Crippen MR) is 73.6 cm³/mol. The van der Waals surface area contributed by atoms with Gasteiger partial charge in [0.1, 0.15) is 11.5 Å². The Balaban J connectivity index is 2.59. The molecule has 1 aliphatic carbocycles. The minimum atomic E-state index is 0.140. The molecule has 0 aliphatic heterocycles. The second-order valence-electron chi connectivity index (χ2n) is 5.40. The normalized spacial score (nSPS) is 16.8. The van der Waals surface area contributed by atoms with Gasteiger partial charge in [0.2, 0.25) is 0 Å². The number of nitrogens with two attached hydrogens (primary N) is 1. The molecular formula is C15H23NO2. The molecule has 1 saturated carbocycles. The first-order valence-electron chi connectivity index (χ1n) is 6.55. The quantitative estimate of drug-likeness (QED) is 0.872. The molecule has 1 aliphatic rings. The molecule has 2 N–H and O–H groups in total. The molecule has 1 aromatic carbocycles. The smallest absolute Gasteiger partial charge is 0.129 e. The van der Waals surface area contributed by atoms with Crippen molar-refractivity contribution in [2.75, 3.05) is 20.8 Å². The largest absolute Gasteiger partial charge is 0.496 e. The molecule has 3 heteroatoms. The van der Waals surface area contributed by atoms with Gasteiger partial charge in [-0.3, -0.25) is 0 Å². The molecule has 1 aromatic rings. The SMILES string of the molecule is COc1ccc(C2(CN)CC2)c(OC)c1C(C)C. The zero-order valence-electron chi connectivity index (χ0n) is 11.7. The molecule has 0 radical (unpaired) electrons. The highest BCUT2D eigenvalue weighted by Gasteiger charge is 2.45. The first-order valence-corrected chi connectivity index (χ1v) is 6.55. The molecule has 2 rings (SSSR count). The Bertz CT molecular complexity index is 436. The maximum Gasteiger partial charge on any atom is 0.129 e. The predicted octanol–water partition coefficient (Wildman–Crippen LogP) is 2.82. The minimum absolute atomic E-state index is 0.140. The minimum Gasteiger partial charge on any atom is -0.496 e. The van der Waals surface area contributed by atoms with E-state index in [0.29, 0.717) is 12.5 Å². The molecule has 0 saturated heterocycles. The van der Waals surface area contributed by atoms with Crippen molar-refractivity contribution in [1.82, 2.24) is 0 Å². The number of hydrogen-bond donors (Lipinski definition) is 1. The first kappa shape index (κ1) is 13.2. The van der Waals surface area contributed by atoms with Crippen LogP contribution in [0.5, 0.6) is 11.5 Å². The molecule has 0 atom stereocenters. The van der Waals surface area contributed by atoms with Crippen LogP contribution in [0.1, 0.15) is 43.7 Å². The fourth-order valence-corrected chi connectivity index (χ4v) is 2.68. The monoisotopic (exact) mass is 249 g/mol. The average molecular weight is 249 g/mol. The van der Waals surface area contributed by atoms with Crippen molar-refractivity contribution >= 4 is 0 Å². The zero-order valence-corrected chi connectivity index (χ0v) is 11.7. The van der Waals surface area contributed by atoms with Crippen LogP contribution < -0.4 is 15.2 Å². The second-order valence-corrected chi connectivity index (χ2v) is 5.40. The van der Waals surface area contributed by atoms with Crippen molar-refractivity contribution < 1.29 is 9.47 Å². The van der Waals surface area contributed by atoms with E-state index >= 15 is 0 Å². The Morgan fingerprint density at radius 2 is 1.89 bits per heavy atom. The summed E-state index contributed by atoms with van der Waals surface area (Å²) in [6, 6.07) is 4.16. The van der Waals surface area contributed by atoms with Gasteiger partial charge in [-0.2, -0.15) is 0 Å². The Morgan fingerprint density at radius 1 is 1.22 bits per heavy atom. The van der Waals surface area contributed by atoms with E-state index in [1.165, 1.54) is 5.56 Å². The molecule has 0 bridgehead atoms. The lowest BCUT2D eigenvalue weighted by Gasteiger charge is -2.23. The van der Waals surface area contributed by atoms with E-state index in [0.717, 1.165) is 29.9 Å². The molecule has 18 heavy (non-hydrogen) atoms. The van der Waals surface area contributed by atoms with Crippen LogP contribution in [0.4, 0.5) is 0 Å². The summed E-state index contributed by atoms with van der Waals surface area (Å²) in [6.45, 7) is 5.01. The van der Waals surface area contributed by atoms with E-state index in [9.17, 15) is 0 Å². The van der Waals surface area contributed by atoms with Crippen LogP contribution in [0.3, 0.4) is 0 Å². The lowest BCUT2D eigenvalue weighted by atomic mass is 9.89. The second kappa shape index (κ2) is 4.81. The third-order valence-corrected chi connectivity index (χ3v) is 3.97. The average Bonchev–Trinajstić information content (AvgIpc) is 3.17. The fraction of sp³-hybridized carbons (Fsp3) is 0.600. The van der Waals surface area contributed by atoms with Gasteiger partial charge < -0.3 is 15.2 Å². The highest BCUT2D eigenvalue weighted by atomic mass is 16.5. The van der Waals surface area contributed by atoms with Crippen LogP contribution >= 0.6 is 0 Å². The van der Waals surface area contributed by atoms with Crippen LogP contribution in [-0.2, 0) is 5.41 Å². The molecule has 0 aromatic heterocycles. The van der Waals surface area contributed by atoms with E-state index in [4.69, 9.17) is 15.2 Å². The summed E-state index contributed by atoms with van der Waals surface area (Å²) in [7, 11) is 3.44. The number of hydrogen-bond acceptors (Lipinski definition) is 3. The Morgan fingerprint density at radius 3 is 2.28 bits per heavy atom. The topological polar surface area (TPSA) is 44.5 Å². The van der Waals surface area contributed by atoms with Gasteiger partial charge in [-0.25, -0.2) is 0 Å². The third-order valence-electron chi connectivity index (χ3n) is 3.97. The van der Waals surface area contributed by atoms with Gasteiger partial charge in [-0.15, -0.1) is 0 Å². The maximum atomic E-state index is 5.93. The summed E-state index contributed by atoms with van der Waals surface area (Å²) in [4.78, 5) is 0. The molecule has 0 amide bonds. The van der Waals surface area contributed by atoms with Gasteiger partial charge in [-0.1, -0.05) is 19.9 Å². The molecule has 100 valence electrons. The highest BCUT2D eigenvalue weighted by molar-refractivity contribution is 5.56. The zero-order chi connectivity index (χ0) is 13.3. The van der Waals surface area contributed by atoms with Crippen LogP contribution in [-0.4, -0.2) is 20.8 Å². The molecule has 3 nitrogen and oxygen atoms in total. The van der Waals surface area contributed by atoms with E-state index in [-0.39, 0.29) is 5.41 Å². The van der Waals surface area contributed by atoms with Crippen LogP contribution in [0.15, 0.2) is 12.1 Å². The van der Waals surface area contributed by atoms with Gasteiger partial charge in [0.15, 0.2) is 0 Å². The van der Waals surface area contributed by atoms with Crippen LogP contribution in [0, 0.1) is 0 Å². The molecule has 0 spiro atoms. The summed E-state index contributed by atoms with van der Waals surface area (Å²) in [5, 5.41) is 0. The van der Waals surface area contributed by atoms with Crippen molar-refractivity contribution in [3.05, 3.63) is 23.3 Å². The van der Waals surface area contributed by atoms with Gasteiger partial charge in [0.25, 0.3) is 0 Å². The van der Waals surface area contributed by atoms with E-state index in [1.54, 1.807) is 14.2 Å². The summed E-state index contributed by atoms with van der Waals surface area (Å²) in [5.74, 6) is 2.23. The van der Waals surface area contributed by atoms with Crippen LogP contribution in [0.2, 0.25) is 0 Å². The first-order chi connectivity index (χ1) is 8.59. The van der Waals surface area contributed by atoms with Crippen molar-refractivity contribution in [2.45, 2.75) is 38.0 Å². The van der Waals surface area contributed by atoms with Crippen molar-refractivity contribution in [3.8, 4) is 11.5 Å². The Kier molecular flexibility index (Phi) is 3.53. The van der Waals surface area contributed by atoms with Gasteiger partial charge in [0, 0.05) is 23.1 Å². The lowest BCUT2D eigenvalue weighted by molar-refractivity contribution is 0.375. The lowest BCUT2D eigenvalue weighted by Crippen LogP contribution is -2.21. The summed E-state index contributed by atoms with van der Waals surface area (Å²) in [5.41, 5.74) is 8.47. The summed E-state index contributed by atoms with van der Waals surface area (Å²) >= 11 is 0. The Labute approximate surface area is 109 Å². The standard InChI is InChI=1S/C15H23NO2/c1-10(2)13-12(17-3)6-5-11(14(13)18-4)15(9-16)7-8-15/h5-6,10H,7-9,16H2,1-4H3. The van der Waals surface area contributed by atoms with Gasteiger partial charge in [-0.05, 0) is 24.8 Å². The number of rotatable bonds is 5. The number of methoxy groups -OCH3 is 2. The van der Waals surface area contributed by atoms with E-state index < -0.39 is 0 Å². The van der Waals surface area contributed by atoms with E-state index in [1.807, 2.05) is 6.07 Å². The molecular weight excluding hydrogens is 226 g/mol. The van der Waals surface area contributed by atoms with Gasteiger partial charge in [0.05, 0.1) is 14.2 Å². The van der Waals surface area contributed by atoms with Crippen molar-refractivity contribution in [3.63, 3.8) is 0 Å². The molecule has 0 heterocycles. The summed E-state index contributed by atoms with van der Waals surface area (Å²) < 4.78 is 11.1. The van der Waals surface area contributed by atoms with Crippen LogP contribution in [0.25, 0.3) is 0 Å². The fourth-order valence-electron chi connectivity index (χ4n) is 2.68. The highest BCUT2D eigenvalue weighted by Crippen LogP contribution is 2.53. The maximum absolute atomic E-state index is 5.93. The number of benzene rings is 1. The van der Waals surface area contributed by atoms with E-state index in [2.05, 4.69) is 19.9 Å². The van der Waals surface area contributed by atoms with Crippen molar-refractivity contribution in [2.24, 2.45) is 5.73 Å². The molecule has 0 unspecified atom stereocenters. The summed E-state index contributed by atoms with van der Waals surface area (Å²) in [6.07, 6.45) is 2.31. The van der Waals surface area contributed by atoms with Gasteiger partial charge >= 0.3 is 0 Å². The van der Waals surface area contributed by atoms with Crippen molar-refractivity contribution in [1.29, 1.82) is 0 Å². The Hall–Kier alpha value is -1.22. The number of ether oxygens (including phenoxy) is 2. The third kappa shape index (κ3) is 1.97. The molecule has 1 fully saturated rings.